The van der Waals surface area contributed by atoms with Crippen LogP contribution in [-0.2, 0) is 6.54 Å². The van der Waals surface area contributed by atoms with E-state index in [4.69, 9.17) is 4.74 Å². The molecule has 35 heavy (non-hydrogen) atoms. The third kappa shape index (κ3) is 5.78. The Labute approximate surface area is 209 Å². The van der Waals surface area contributed by atoms with Crippen LogP contribution in [-0.4, -0.2) is 43.0 Å². The first kappa shape index (κ1) is 24.6. The fourth-order valence-electron chi connectivity index (χ4n) is 3.68. The van der Waals surface area contributed by atoms with Crippen molar-refractivity contribution in [3.63, 3.8) is 0 Å². The number of anilines is 2. The Morgan fingerprint density at radius 2 is 1.77 bits per heavy atom. The van der Waals surface area contributed by atoms with Crippen LogP contribution in [0.25, 0.3) is 10.2 Å². The number of benzene rings is 2. The van der Waals surface area contributed by atoms with Gasteiger partial charge in [-0.15, -0.1) is 11.3 Å². The standard InChI is InChI=1S/C27H29FN4O2S/c1-5-32(6-2)17-21-16-23-26(35-21)25(13-14-29-23)34-24-12-9-19(15-22(24)28)30-27(33)18-7-10-20(11-8-18)31(3)4/h7-16H,5-6,17H2,1-4H3,(H,30,33). The third-order valence-electron chi connectivity index (χ3n) is 5.76. The van der Waals surface area contributed by atoms with Gasteiger partial charge >= 0.3 is 0 Å². The number of rotatable bonds is 9. The molecule has 2 aromatic carbocycles. The summed E-state index contributed by atoms with van der Waals surface area (Å²) < 4.78 is 21.7. The topological polar surface area (TPSA) is 57.7 Å². The van der Waals surface area contributed by atoms with Crippen LogP contribution in [0.4, 0.5) is 15.8 Å². The molecule has 0 aliphatic rings. The summed E-state index contributed by atoms with van der Waals surface area (Å²) in [6.45, 7) is 7.06. The predicted octanol–water partition coefficient (Wildman–Crippen LogP) is 6.39. The Morgan fingerprint density at radius 3 is 2.43 bits per heavy atom. The minimum atomic E-state index is -0.560. The largest absolute Gasteiger partial charge is 0.453 e. The lowest BCUT2D eigenvalue weighted by atomic mass is 10.2. The zero-order chi connectivity index (χ0) is 24.9. The van der Waals surface area contributed by atoms with E-state index < -0.39 is 5.82 Å². The number of amides is 1. The first-order valence-electron chi connectivity index (χ1n) is 11.5. The summed E-state index contributed by atoms with van der Waals surface area (Å²) in [5.74, 6) is -0.221. The second kappa shape index (κ2) is 10.8. The average molecular weight is 493 g/mol. The van der Waals surface area contributed by atoms with E-state index >= 15 is 0 Å². The van der Waals surface area contributed by atoms with Gasteiger partial charge < -0.3 is 15.0 Å². The van der Waals surface area contributed by atoms with Crippen molar-refractivity contribution in [2.24, 2.45) is 0 Å². The number of carbonyl (C=O) groups excluding carboxylic acids is 1. The van der Waals surface area contributed by atoms with E-state index in [1.165, 1.54) is 17.0 Å². The van der Waals surface area contributed by atoms with Crippen molar-refractivity contribution in [3.8, 4) is 11.5 Å². The van der Waals surface area contributed by atoms with Crippen LogP contribution in [0.3, 0.4) is 0 Å². The van der Waals surface area contributed by atoms with Crippen LogP contribution in [0.2, 0.25) is 0 Å². The van der Waals surface area contributed by atoms with Crippen LogP contribution in [0.1, 0.15) is 29.1 Å². The van der Waals surface area contributed by atoms with E-state index in [0.29, 0.717) is 17.0 Å². The van der Waals surface area contributed by atoms with Crippen LogP contribution >= 0.6 is 11.3 Å². The van der Waals surface area contributed by atoms with Crippen LogP contribution in [0.15, 0.2) is 60.8 Å². The zero-order valence-electron chi connectivity index (χ0n) is 20.3. The molecule has 0 radical (unpaired) electrons. The summed E-state index contributed by atoms with van der Waals surface area (Å²) >= 11 is 1.61. The van der Waals surface area contributed by atoms with Crippen molar-refractivity contribution >= 4 is 38.8 Å². The van der Waals surface area contributed by atoms with Gasteiger partial charge in [0, 0.05) is 60.8 Å². The Hall–Kier alpha value is -3.49. The third-order valence-corrected chi connectivity index (χ3v) is 6.88. The predicted molar refractivity (Wildman–Crippen MR) is 141 cm³/mol. The van der Waals surface area contributed by atoms with Gasteiger partial charge in [0.1, 0.15) is 5.75 Å². The van der Waals surface area contributed by atoms with Gasteiger partial charge in [-0.05, 0) is 55.6 Å². The molecule has 0 saturated heterocycles. The van der Waals surface area contributed by atoms with E-state index in [0.717, 1.165) is 35.5 Å². The molecule has 0 saturated carbocycles. The van der Waals surface area contributed by atoms with Gasteiger partial charge in [0.2, 0.25) is 0 Å². The monoisotopic (exact) mass is 492 g/mol. The summed E-state index contributed by atoms with van der Waals surface area (Å²) in [4.78, 5) is 22.5. The molecule has 4 aromatic rings. The van der Waals surface area contributed by atoms with Gasteiger partial charge in [-0.1, -0.05) is 13.8 Å². The highest BCUT2D eigenvalue weighted by atomic mass is 32.1. The summed E-state index contributed by atoms with van der Waals surface area (Å²) in [7, 11) is 3.87. The van der Waals surface area contributed by atoms with E-state index in [-0.39, 0.29) is 11.7 Å². The average Bonchev–Trinajstić information content (AvgIpc) is 3.27. The molecule has 2 aromatic heterocycles. The molecular formula is C27H29FN4O2S. The van der Waals surface area contributed by atoms with Crippen LogP contribution < -0.4 is 15.0 Å². The summed E-state index contributed by atoms with van der Waals surface area (Å²) in [5.41, 5.74) is 2.67. The number of hydrogen-bond donors (Lipinski definition) is 1. The van der Waals surface area contributed by atoms with Crippen molar-refractivity contribution in [1.82, 2.24) is 9.88 Å². The number of hydrogen-bond acceptors (Lipinski definition) is 6. The molecule has 0 unspecified atom stereocenters. The zero-order valence-corrected chi connectivity index (χ0v) is 21.2. The number of aromatic nitrogens is 1. The highest BCUT2D eigenvalue weighted by molar-refractivity contribution is 7.19. The number of carbonyl (C=O) groups is 1. The fraction of sp³-hybridized carbons (Fsp3) is 0.259. The van der Waals surface area contributed by atoms with Gasteiger partial charge in [-0.25, -0.2) is 4.39 Å². The molecule has 6 nitrogen and oxygen atoms in total. The van der Waals surface area contributed by atoms with E-state index in [2.05, 4.69) is 35.1 Å². The number of fused-ring (bicyclic) bond motifs is 1. The van der Waals surface area contributed by atoms with Gasteiger partial charge in [-0.2, -0.15) is 0 Å². The first-order chi connectivity index (χ1) is 16.9. The molecule has 1 amide bonds. The molecule has 0 aliphatic heterocycles. The molecular weight excluding hydrogens is 463 g/mol. The molecule has 0 aliphatic carbocycles. The molecule has 0 fully saturated rings. The van der Waals surface area contributed by atoms with Gasteiger partial charge in [-0.3, -0.25) is 14.7 Å². The van der Waals surface area contributed by atoms with E-state index in [9.17, 15) is 9.18 Å². The molecule has 1 N–H and O–H groups in total. The first-order valence-corrected chi connectivity index (χ1v) is 12.4. The minimum absolute atomic E-state index is 0.0875. The summed E-state index contributed by atoms with van der Waals surface area (Å²) in [6, 6.07) is 15.4. The molecule has 8 heteroatoms. The molecule has 182 valence electrons. The van der Waals surface area contributed by atoms with Gasteiger partial charge in [0.05, 0.1) is 10.2 Å². The maximum Gasteiger partial charge on any atom is 0.255 e. The molecule has 0 atom stereocenters. The number of nitrogens with one attached hydrogen (secondary N) is 1. The van der Waals surface area contributed by atoms with Gasteiger partial charge in [0.15, 0.2) is 11.6 Å². The van der Waals surface area contributed by atoms with Crippen LogP contribution in [0.5, 0.6) is 11.5 Å². The highest BCUT2D eigenvalue weighted by Gasteiger charge is 2.14. The summed E-state index contributed by atoms with van der Waals surface area (Å²) in [5, 5.41) is 2.74. The van der Waals surface area contributed by atoms with Crippen molar-refractivity contribution in [1.29, 1.82) is 0 Å². The van der Waals surface area contributed by atoms with Crippen LogP contribution in [0, 0.1) is 5.82 Å². The lowest BCUT2D eigenvalue weighted by Gasteiger charge is -2.16. The highest BCUT2D eigenvalue weighted by Crippen LogP contribution is 2.36. The molecule has 0 bridgehead atoms. The van der Waals surface area contributed by atoms with E-state index in [1.54, 1.807) is 41.8 Å². The number of nitrogens with zero attached hydrogens (tertiary/aromatic N) is 3. The molecule has 0 spiro atoms. The molecule has 4 rings (SSSR count). The normalized spacial score (nSPS) is 11.1. The smallest absolute Gasteiger partial charge is 0.255 e. The van der Waals surface area contributed by atoms with Crippen molar-refractivity contribution in [3.05, 3.63) is 77.1 Å². The van der Waals surface area contributed by atoms with E-state index in [1.807, 2.05) is 31.1 Å². The van der Waals surface area contributed by atoms with Crippen molar-refractivity contribution in [2.45, 2.75) is 20.4 Å². The second-order valence-electron chi connectivity index (χ2n) is 8.34. The van der Waals surface area contributed by atoms with Crippen molar-refractivity contribution in [2.75, 3.05) is 37.4 Å². The van der Waals surface area contributed by atoms with Crippen molar-refractivity contribution < 1.29 is 13.9 Å². The fourth-order valence-corrected chi connectivity index (χ4v) is 4.79. The number of thiophene rings is 1. The maximum absolute atomic E-state index is 14.9. The van der Waals surface area contributed by atoms with Gasteiger partial charge in [0.25, 0.3) is 5.91 Å². The number of halogens is 1. The Bertz CT molecular complexity index is 1320. The lowest BCUT2D eigenvalue weighted by molar-refractivity contribution is 0.102. The second-order valence-corrected chi connectivity index (χ2v) is 9.48. The Kier molecular flexibility index (Phi) is 7.63. The summed E-state index contributed by atoms with van der Waals surface area (Å²) in [6.07, 6.45) is 1.67. The Balaban J connectivity index is 1.49. The lowest BCUT2D eigenvalue weighted by Crippen LogP contribution is -2.21. The molecule has 2 heterocycles. The Morgan fingerprint density at radius 1 is 1.03 bits per heavy atom. The number of ether oxygens (including phenoxy) is 1. The number of pyridine rings is 1. The maximum atomic E-state index is 14.9. The minimum Gasteiger partial charge on any atom is -0.453 e. The SMILES string of the molecule is CCN(CC)Cc1cc2nccc(Oc3ccc(NC(=O)c4ccc(N(C)C)cc4)cc3F)c2s1. The quantitative estimate of drug-likeness (QED) is 0.293.